The van der Waals surface area contributed by atoms with Gasteiger partial charge in [-0.3, -0.25) is 0 Å². The number of benzene rings is 4. The molecule has 0 amide bonds. The standard InChI is InChI=1S/C36H36N12O4/c49-29(50)21-37-31-43-33(39-25-7-3-1-4-8-25)47-35(45-31)41-27-17-13-23(14-18-27)11-12-24-15-19-28(20-16-24)42-36-46-32(38-22-30(51)52)44-34(48-36)40-26-9-5-2-6-10-26/h1-20,29-30,49-52H,21-22H2,(H3,37,39,41,43,45,47)(H3,38,40,42,44,46,48). The minimum absolute atomic E-state index is 0.154. The molecule has 0 saturated heterocycles. The number of hydrogen-bond acceptors (Lipinski definition) is 16. The van der Waals surface area contributed by atoms with Crippen LogP contribution < -0.4 is 31.9 Å². The van der Waals surface area contributed by atoms with Crippen LogP contribution in [0.25, 0.3) is 12.2 Å². The van der Waals surface area contributed by atoms with Crippen LogP contribution in [0.15, 0.2) is 109 Å². The van der Waals surface area contributed by atoms with E-state index in [1.807, 2.05) is 121 Å². The van der Waals surface area contributed by atoms with Crippen LogP contribution in [-0.4, -0.2) is 76.0 Å². The lowest BCUT2D eigenvalue weighted by molar-refractivity contribution is -0.0283. The molecule has 0 saturated carbocycles. The average Bonchev–Trinajstić information content (AvgIpc) is 3.14. The molecule has 0 fully saturated rings. The van der Waals surface area contributed by atoms with E-state index in [2.05, 4.69) is 61.8 Å². The van der Waals surface area contributed by atoms with Crippen molar-refractivity contribution in [2.45, 2.75) is 12.6 Å². The molecule has 16 heteroatoms. The minimum atomic E-state index is -1.57. The molecule has 2 aromatic heterocycles. The third-order valence-corrected chi connectivity index (χ3v) is 7.02. The summed E-state index contributed by atoms with van der Waals surface area (Å²) in [6, 6.07) is 34.2. The van der Waals surface area contributed by atoms with Crippen molar-refractivity contribution in [1.82, 2.24) is 29.9 Å². The second-order valence-corrected chi connectivity index (χ2v) is 11.1. The number of aliphatic hydroxyl groups is 4. The van der Waals surface area contributed by atoms with Crippen molar-refractivity contribution in [3.05, 3.63) is 120 Å². The van der Waals surface area contributed by atoms with Gasteiger partial charge < -0.3 is 52.3 Å². The van der Waals surface area contributed by atoms with Gasteiger partial charge in [0.1, 0.15) is 0 Å². The first-order valence-corrected chi connectivity index (χ1v) is 16.1. The van der Waals surface area contributed by atoms with Crippen LogP contribution in [0.1, 0.15) is 11.1 Å². The van der Waals surface area contributed by atoms with Crippen LogP contribution in [0.4, 0.5) is 58.4 Å². The van der Waals surface area contributed by atoms with Crippen molar-refractivity contribution < 1.29 is 20.4 Å². The summed E-state index contributed by atoms with van der Waals surface area (Å²) in [6.07, 6.45) is 0.832. The Hall–Kier alpha value is -6.72. The van der Waals surface area contributed by atoms with Crippen LogP contribution in [0.2, 0.25) is 0 Å². The summed E-state index contributed by atoms with van der Waals surface area (Å²) in [5.74, 6) is 1.42. The van der Waals surface area contributed by atoms with Gasteiger partial charge in [-0.15, -0.1) is 0 Å². The monoisotopic (exact) mass is 700 g/mol. The van der Waals surface area contributed by atoms with E-state index in [0.717, 1.165) is 33.9 Å². The van der Waals surface area contributed by atoms with Crippen LogP contribution in [-0.2, 0) is 0 Å². The van der Waals surface area contributed by atoms with Crippen molar-refractivity contribution in [1.29, 1.82) is 0 Å². The molecule has 0 unspecified atom stereocenters. The highest BCUT2D eigenvalue weighted by Crippen LogP contribution is 2.22. The van der Waals surface area contributed by atoms with E-state index in [9.17, 15) is 20.4 Å². The highest BCUT2D eigenvalue weighted by atomic mass is 16.5. The van der Waals surface area contributed by atoms with E-state index in [1.54, 1.807) is 0 Å². The Labute approximate surface area is 298 Å². The largest absolute Gasteiger partial charge is 0.367 e. The zero-order valence-corrected chi connectivity index (χ0v) is 27.6. The normalized spacial score (nSPS) is 11.1. The Morgan fingerprint density at radius 1 is 0.385 bits per heavy atom. The molecule has 0 aliphatic heterocycles. The molecule has 4 aromatic carbocycles. The van der Waals surface area contributed by atoms with Crippen molar-refractivity contribution >= 4 is 70.6 Å². The van der Waals surface area contributed by atoms with Crippen LogP contribution in [0.5, 0.6) is 0 Å². The second kappa shape index (κ2) is 17.3. The zero-order chi connectivity index (χ0) is 36.1. The minimum Gasteiger partial charge on any atom is -0.367 e. The second-order valence-electron chi connectivity index (χ2n) is 11.1. The fraction of sp³-hybridized carbons (Fsp3) is 0.111. The summed E-state index contributed by atoms with van der Waals surface area (Å²) in [7, 11) is 0. The number of nitrogens with one attached hydrogen (secondary N) is 6. The number of aromatic nitrogens is 6. The van der Waals surface area contributed by atoms with Gasteiger partial charge in [0.2, 0.25) is 35.7 Å². The van der Waals surface area contributed by atoms with Gasteiger partial charge in [0, 0.05) is 22.7 Å². The maximum Gasteiger partial charge on any atom is 0.233 e. The summed E-state index contributed by atoms with van der Waals surface area (Å²) < 4.78 is 0. The Kier molecular flexibility index (Phi) is 11.7. The van der Waals surface area contributed by atoms with E-state index < -0.39 is 12.6 Å². The zero-order valence-electron chi connectivity index (χ0n) is 27.6. The van der Waals surface area contributed by atoms with Gasteiger partial charge in [-0.2, -0.15) is 29.9 Å². The van der Waals surface area contributed by atoms with E-state index in [-0.39, 0.29) is 48.8 Å². The van der Waals surface area contributed by atoms with Gasteiger partial charge in [0.25, 0.3) is 0 Å². The fourth-order valence-corrected chi connectivity index (χ4v) is 4.61. The average molecular weight is 701 g/mol. The molecule has 6 aromatic rings. The van der Waals surface area contributed by atoms with Crippen molar-refractivity contribution in [3.8, 4) is 0 Å². The van der Waals surface area contributed by atoms with E-state index in [0.29, 0.717) is 0 Å². The fourth-order valence-electron chi connectivity index (χ4n) is 4.61. The van der Waals surface area contributed by atoms with Crippen LogP contribution in [0, 0.1) is 0 Å². The molecule has 16 nitrogen and oxygen atoms in total. The van der Waals surface area contributed by atoms with Gasteiger partial charge >= 0.3 is 0 Å². The first-order chi connectivity index (χ1) is 25.3. The number of nitrogens with zero attached hydrogens (tertiary/aromatic N) is 6. The molecule has 10 N–H and O–H groups in total. The van der Waals surface area contributed by atoms with E-state index in [4.69, 9.17) is 0 Å². The van der Waals surface area contributed by atoms with Crippen LogP contribution in [0.3, 0.4) is 0 Å². The molecule has 264 valence electrons. The van der Waals surface area contributed by atoms with Crippen molar-refractivity contribution in [2.75, 3.05) is 45.0 Å². The number of rotatable bonds is 16. The predicted octanol–water partition coefficient (Wildman–Crippen LogP) is 4.65. The lowest BCUT2D eigenvalue weighted by atomic mass is 10.1. The SMILES string of the molecule is OC(O)CNc1nc(Nc2ccccc2)nc(Nc2ccc(C=Cc3ccc(Nc4nc(NCC(O)O)nc(Nc5ccccc5)n4)cc3)cc2)n1. The lowest BCUT2D eigenvalue weighted by Crippen LogP contribution is -2.20. The molecular formula is C36H36N12O4. The number of hydrogen-bond donors (Lipinski definition) is 10. The van der Waals surface area contributed by atoms with Gasteiger partial charge in [0.05, 0.1) is 13.1 Å². The maximum absolute atomic E-state index is 9.28. The lowest BCUT2D eigenvalue weighted by Gasteiger charge is -2.12. The maximum atomic E-state index is 9.28. The predicted molar refractivity (Wildman–Crippen MR) is 201 cm³/mol. The first-order valence-electron chi connectivity index (χ1n) is 16.1. The number of anilines is 10. The Morgan fingerprint density at radius 3 is 0.981 bits per heavy atom. The summed E-state index contributed by atoms with van der Waals surface area (Å²) in [5.41, 5.74) is 4.98. The van der Waals surface area contributed by atoms with Gasteiger partial charge in [-0.25, -0.2) is 0 Å². The van der Waals surface area contributed by atoms with E-state index in [1.165, 1.54) is 0 Å². The molecule has 0 bridgehead atoms. The molecule has 52 heavy (non-hydrogen) atoms. The van der Waals surface area contributed by atoms with Crippen molar-refractivity contribution in [3.63, 3.8) is 0 Å². The summed E-state index contributed by atoms with van der Waals surface area (Å²) >= 11 is 0. The third-order valence-electron chi connectivity index (χ3n) is 7.02. The highest BCUT2D eigenvalue weighted by Gasteiger charge is 2.11. The Balaban J connectivity index is 1.09. The molecule has 0 atom stereocenters. The molecular weight excluding hydrogens is 664 g/mol. The summed E-state index contributed by atoms with van der Waals surface area (Å²) in [5, 5.41) is 55.3. The van der Waals surface area contributed by atoms with Gasteiger partial charge in [0.15, 0.2) is 12.6 Å². The van der Waals surface area contributed by atoms with Gasteiger partial charge in [-0.1, -0.05) is 72.8 Å². The summed E-state index contributed by atoms with van der Waals surface area (Å²) in [6.45, 7) is -0.308. The highest BCUT2D eigenvalue weighted by molar-refractivity contribution is 5.72. The molecule has 0 aliphatic rings. The van der Waals surface area contributed by atoms with Crippen molar-refractivity contribution in [2.24, 2.45) is 0 Å². The molecule has 0 radical (unpaired) electrons. The van der Waals surface area contributed by atoms with Gasteiger partial charge in [-0.05, 0) is 59.7 Å². The first kappa shape index (κ1) is 35.1. The smallest absolute Gasteiger partial charge is 0.233 e. The Bertz CT molecular complexity index is 1900. The quantitative estimate of drug-likeness (QED) is 0.0489. The van der Waals surface area contributed by atoms with Crippen LogP contribution >= 0.6 is 0 Å². The Morgan fingerprint density at radius 2 is 0.673 bits per heavy atom. The molecule has 6 rings (SSSR count). The third kappa shape index (κ3) is 10.9. The molecule has 2 heterocycles. The topological polar surface area (TPSA) is 230 Å². The molecule has 0 spiro atoms. The molecule has 0 aliphatic carbocycles. The van der Waals surface area contributed by atoms with E-state index >= 15 is 0 Å². The number of para-hydroxylation sites is 2. The summed E-state index contributed by atoms with van der Waals surface area (Å²) in [4.78, 5) is 26.3. The number of aliphatic hydroxyl groups excluding tert-OH is 2.